The minimum absolute atomic E-state index is 0.347. The maximum Gasteiger partial charge on any atom is 0.129 e. The largest absolute Gasteiger partial charge is 0.378 e. The van der Waals surface area contributed by atoms with E-state index < -0.39 is 21.7 Å². The molecule has 0 aromatic rings. The molecule has 0 saturated carbocycles. The highest BCUT2D eigenvalue weighted by Gasteiger charge is 2.12. The van der Waals surface area contributed by atoms with Crippen molar-refractivity contribution in [1.82, 2.24) is 0 Å². The minimum atomic E-state index is -1.29. The van der Waals surface area contributed by atoms with E-state index in [0.29, 0.717) is 0 Å². The average molecular weight is 331 g/mol. The molecule has 0 rings (SSSR count). The van der Waals surface area contributed by atoms with Gasteiger partial charge in [0.15, 0.2) is 0 Å². The van der Waals surface area contributed by atoms with Crippen LogP contribution in [-0.4, -0.2) is 31.7 Å². The van der Waals surface area contributed by atoms with E-state index in [1.54, 1.807) is 13.8 Å². The summed E-state index contributed by atoms with van der Waals surface area (Å²) in [6, 6.07) is 0. The quantitative estimate of drug-likeness (QED) is 0.393. The molecule has 1 N–H and O–H groups in total. The number of hydrogen-bond donors (Lipinski definition) is 1. The SMILES string of the molecule is CC(C)(Cl)C#C[Si](C)(C)C.CC(C)(O)C#C[Si](C)(C)C. The van der Waals surface area contributed by atoms with Crippen LogP contribution < -0.4 is 0 Å². The summed E-state index contributed by atoms with van der Waals surface area (Å²) in [5.41, 5.74) is 5.50. The van der Waals surface area contributed by atoms with E-state index in [4.69, 9.17) is 11.6 Å². The first-order valence-corrected chi connectivity index (χ1v) is 14.3. The van der Waals surface area contributed by atoms with Crippen molar-refractivity contribution < 1.29 is 5.11 Å². The zero-order valence-electron chi connectivity index (χ0n) is 14.8. The number of rotatable bonds is 0. The summed E-state index contributed by atoms with van der Waals surface area (Å²) in [4.78, 5) is -0.347. The zero-order valence-corrected chi connectivity index (χ0v) is 17.6. The van der Waals surface area contributed by atoms with E-state index in [0.717, 1.165) is 0 Å². The highest BCUT2D eigenvalue weighted by molar-refractivity contribution is 6.84. The number of halogens is 1. The number of hydrogen-bond acceptors (Lipinski definition) is 1. The molecule has 116 valence electrons. The van der Waals surface area contributed by atoms with Gasteiger partial charge in [-0.2, -0.15) is 0 Å². The van der Waals surface area contributed by atoms with Crippen LogP contribution in [0.4, 0.5) is 0 Å². The Balaban J connectivity index is 0. The van der Waals surface area contributed by atoms with E-state index in [9.17, 15) is 5.11 Å². The predicted octanol–water partition coefficient (Wildman–Crippen LogP) is 4.52. The zero-order chi connectivity index (χ0) is 16.8. The van der Waals surface area contributed by atoms with Crippen molar-refractivity contribution in [3.63, 3.8) is 0 Å². The van der Waals surface area contributed by atoms with Gasteiger partial charge in [-0.15, -0.1) is 22.7 Å². The highest BCUT2D eigenvalue weighted by atomic mass is 35.5. The first-order chi connectivity index (χ1) is 8.41. The lowest BCUT2D eigenvalue weighted by Crippen LogP contribution is -2.21. The third-order valence-corrected chi connectivity index (χ3v) is 3.32. The third-order valence-electron chi connectivity index (χ3n) is 1.48. The van der Waals surface area contributed by atoms with Gasteiger partial charge in [0.2, 0.25) is 0 Å². The standard InChI is InChI=1S/C8H15ClSi.C8H16OSi/c2*1-8(2,9)6-7-10(3,4)5/h1-5H3;9H,1-5H3. The van der Waals surface area contributed by atoms with Gasteiger partial charge >= 0.3 is 0 Å². The number of alkyl halides is 1. The van der Waals surface area contributed by atoms with Crippen molar-refractivity contribution in [1.29, 1.82) is 0 Å². The molecule has 0 aromatic heterocycles. The van der Waals surface area contributed by atoms with Crippen LogP contribution in [0, 0.1) is 22.9 Å². The normalized spacial score (nSPS) is 12.2. The van der Waals surface area contributed by atoms with Gasteiger partial charge in [-0.3, -0.25) is 0 Å². The molecule has 1 nitrogen and oxygen atoms in total. The maximum atomic E-state index is 9.23. The van der Waals surface area contributed by atoms with Gasteiger partial charge in [0.1, 0.15) is 21.7 Å². The topological polar surface area (TPSA) is 20.2 Å². The maximum absolute atomic E-state index is 9.23. The molecule has 0 saturated heterocycles. The summed E-state index contributed by atoms with van der Waals surface area (Å²) in [5, 5.41) is 9.23. The van der Waals surface area contributed by atoms with Crippen LogP contribution >= 0.6 is 11.6 Å². The van der Waals surface area contributed by atoms with Crippen LogP contribution in [-0.2, 0) is 0 Å². The van der Waals surface area contributed by atoms with Gasteiger partial charge in [0.25, 0.3) is 0 Å². The first-order valence-electron chi connectivity index (χ1n) is 6.91. The van der Waals surface area contributed by atoms with Crippen LogP contribution in [0.15, 0.2) is 0 Å². The second-order valence-corrected chi connectivity index (χ2v) is 18.5. The summed E-state index contributed by atoms with van der Waals surface area (Å²) >= 11 is 5.89. The molecular formula is C16H31ClOSi2. The van der Waals surface area contributed by atoms with Crippen LogP contribution in [0.5, 0.6) is 0 Å². The van der Waals surface area contributed by atoms with Gasteiger partial charge in [-0.1, -0.05) is 51.1 Å². The van der Waals surface area contributed by atoms with Gasteiger partial charge < -0.3 is 5.11 Å². The molecule has 0 fully saturated rings. The van der Waals surface area contributed by atoms with E-state index in [1.807, 2.05) is 13.8 Å². The second-order valence-electron chi connectivity index (χ2n) is 8.03. The predicted molar refractivity (Wildman–Crippen MR) is 98.5 cm³/mol. The van der Waals surface area contributed by atoms with Crippen LogP contribution in [0.2, 0.25) is 39.3 Å². The minimum Gasteiger partial charge on any atom is -0.378 e. The molecule has 4 heteroatoms. The van der Waals surface area contributed by atoms with Crippen LogP contribution in [0.25, 0.3) is 0 Å². The van der Waals surface area contributed by atoms with Crippen molar-refractivity contribution in [3.8, 4) is 22.9 Å². The lowest BCUT2D eigenvalue weighted by molar-refractivity contribution is 0.143. The highest BCUT2D eigenvalue weighted by Crippen LogP contribution is 2.10. The van der Waals surface area contributed by atoms with Crippen molar-refractivity contribution >= 4 is 27.7 Å². The molecule has 0 aliphatic carbocycles. The van der Waals surface area contributed by atoms with Gasteiger partial charge in [0, 0.05) is 0 Å². The summed E-state index contributed by atoms with van der Waals surface area (Å²) in [6.07, 6.45) is 0. The van der Waals surface area contributed by atoms with Crippen molar-refractivity contribution in [2.45, 2.75) is 77.5 Å². The lowest BCUT2D eigenvalue weighted by atomic mass is 10.2. The third kappa shape index (κ3) is 26.4. The fourth-order valence-electron chi connectivity index (χ4n) is 0.677. The Bertz CT molecular complexity index is 329. The second kappa shape index (κ2) is 7.71. The monoisotopic (exact) mass is 330 g/mol. The molecule has 0 bridgehead atoms. The molecule has 0 spiro atoms. The average Bonchev–Trinajstić information content (AvgIpc) is 2.09. The molecule has 0 radical (unpaired) electrons. The smallest absolute Gasteiger partial charge is 0.129 e. The van der Waals surface area contributed by atoms with Crippen molar-refractivity contribution in [2.24, 2.45) is 0 Å². The van der Waals surface area contributed by atoms with Gasteiger partial charge in [-0.25, -0.2) is 0 Å². The van der Waals surface area contributed by atoms with Crippen molar-refractivity contribution in [2.75, 3.05) is 0 Å². The lowest BCUT2D eigenvalue weighted by Gasteiger charge is -2.09. The summed E-state index contributed by atoms with van der Waals surface area (Å²) in [7, 11) is -2.50. The van der Waals surface area contributed by atoms with Crippen LogP contribution in [0.3, 0.4) is 0 Å². The van der Waals surface area contributed by atoms with Crippen molar-refractivity contribution in [3.05, 3.63) is 0 Å². The Morgan fingerprint density at radius 1 is 0.750 bits per heavy atom. The van der Waals surface area contributed by atoms with E-state index in [2.05, 4.69) is 62.2 Å². The van der Waals surface area contributed by atoms with E-state index in [-0.39, 0.29) is 4.87 Å². The van der Waals surface area contributed by atoms with Gasteiger partial charge in [-0.05, 0) is 27.7 Å². The van der Waals surface area contributed by atoms with Crippen LogP contribution in [0.1, 0.15) is 27.7 Å². The Labute approximate surface area is 133 Å². The number of aliphatic hydroxyl groups is 1. The Kier molecular flexibility index (Phi) is 8.52. The Hall–Kier alpha value is -0.196. The molecule has 20 heavy (non-hydrogen) atoms. The van der Waals surface area contributed by atoms with Gasteiger partial charge in [0.05, 0.1) is 4.87 Å². The summed E-state index contributed by atoms with van der Waals surface area (Å²) < 4.78 is 0. The van der Waals surface area contributed by atoms with E-state index in [1.165, 1.54) is 0 Å². The summed E-state index contributed by atoms with van der Waals surface area (Å²) in [6.45, 7) is 20.4. The summed E-state index contributed by atoms with van der Waals surface area (Å²) in [5.74, 6) is 5.87. The molecule has 0 aliphatic rings. The molecule has 0 heterocycles. The van der Waals surface area contributed by atoms with E-state index >= 15 is 0 Å². The molecular weight excluding hydrogens is 300 g/mol. The Morgan fingerprint density at radius 3 is 1.15 bits per heavy atom. The molecule has 0 aliphatic heterocycles. The first kappa shape index (κ1) is 22.1. The molecule has 0 atom stereocenters. The fraction of sp³-hybridized carbons (Fsp3) is 0.750. The molecule has 0 unspecified atom stereocenters. The molecule has 0 aromatic carbocycles. The molecule has 0 amide bonds. The fourth-order valence-corrected chi connectivity index (χ4v) is 2.17. The Morgan fingerprint density at radius 2 is 1.05 bits per heavy atom.